The van der Waals surface area contributed by atoms with E-state index in [-0.39, 0.29) is 0 Å². The van der Waals surface area contributed by atoms with Gasteiger partial charge in [-0.2, -0.15) is 0 Å². The second-order valence-electron chi connectivity index (χ2n) is 4.85. The Morgan fingerprint density at radius 1 is 1.00 bits per heavy atom. The summed E-state index contributed by atoms with van der Waals surface area (Å²) in [5, 5.41) is 0. The lowest BCUT2D eigenvalue weighted by Crippen LogP contribution is -2.07. The zero-order chi connectivity index (χ0) is 13.3. The lowest BCUT2D eigenvalue weighted by atomic mass is 10.1. The van der Waals surface area contributed by atoms with Gasteiger partial charge in [0.2, 0.25) is 5.69 Å². The Kier molecular flexibility index (Phi) is 10.3. The first-order chi connectivity index (χ1) is 7.91. The summed E-state index contributed by atoms with van der Waals surface area (Å²) in [6, 6.07) is 0. The molecule has 2 nitrogen and oxygen atoms in total. The lowest BCUT2D eigenvalue weighted by molar-refractivity contribution is 0.203. The van der Waals surface area contributed by atoms with Gasteiger partial charge in [-0.1, -0.05) is 52.8 Å². The maximum atomic E-state index is 5.64. The maximum absolute atomic E-state index is 5.64. The van der Waals surface area contributed by atoms with E-state index >= 15 is 0 Å². The fraction of sp³-hybridized carbons (Fsp3) is 1.00. The van der Waals surface area contributed by atoms with Crippen LogP contribution in [0.25, 0.3) is 0 Å². The quantitative estimate of drug-likeness (QED) is 0.450. The predicted molar refractivity (Wildman–Crippen MR) is 83.3 cm³/mol. The normalized spacial score (nSPS) is 18.6. The molecule has 0 radical (unpaired) electrons. The highest BCUT2D eigenvalue weighted by molar-refractivity contribution is 8.60. The van der Waals surface area contributed by atoms with Gasteiger partial charge in [0.05, 0.1) is 13.2 Å². The fourth-order valence-electron chi connectivity index (χ4n) is 1.63. The average Bonchev–Trinajstić information content (AvgIpc) is 2.25. The zero-order valence-corrected chi connectivity index (χ0v) is 14.1. The van der Waals surface area contributed by atoms with E-state index in [2.05, 4.69) is 39.9 Å². The van der Waals surface area contributed by atoms with Crippen LogP contribution in [-0.4, -0.2) is 13.2 Å². The van der Waals surface area contributed by atoms with Crippen molar-refractivity contribution in [3.63, 3.8) is 0 Å². The molecule has 2 atom stereocenters. The van der Waals surface area contributed by atoms with Crippen molar-refractivity contribution < 1.29 is 9.05 Å². The third-order valence-electron chi connectivity index (χ3n) is 2.61. The highest BCUT2D eigenvalue weighted by Gasteiger charge is 2.16. The monoisotopic (exact) mass is 298 g/mol. The molecular weight excluding hydrogens is 271 g/mol. The minimum absolute atomic E-state index is 0.533. The number of hydrogen-bond donors (Lipinski definition) is 1. The van der Waals surface area contributed by atoms with Crippen molar-refractivity contribution in [2.45, 2.75) is 53.4 Å². The van der Waals surface area contributed by atoms with E-state index in [0.29, 0.717) is 25.0 Å². The van der Waals surface area contributed by atoms with Crippen LogP contribution in [-0.2, 0) is 20.9 Å². The van der Waals surface area contributed by atoms with Crippen LogP contribution in [0.2, 0.25) is 0 Å². The van der Waals surface area contributed by atoms with Gasteiger partial charge >= 0.3 is 0 Å². The van der Waals surface area contributed by atoms with Crippen LogP contribution < -0.4 is 0 Å². The molecule has 0 aliphatic rings. The molecule has 0 spiro atoms. The Morgan fingerprint density at radius 3 is 1.65 bits per heavy atom. The molecule has 0 aliphatic heterocycles. The molecule has 0 fully saturated rings. The minimum Gasteiger partial charge on any atom is -0.322 e. The number of thiol groups is 1. The first-order valence-electron chi connectivity index (χ1n) is 6.53. The van der Waals surface area contributed by atoms with E-state index in [1.807, 2.05) is 0 Å². The van der Waals surface area contributed by atoms with Crippen LogP contribution >= 0.6 is 17.9 Å². The molecule has 0 rings (SSSR count). The molecule has 0 saturated carbocycles. The van der Waals surface area contributed by atoms with Crippen LogP contribution in [0.15, 0.2) is 0 Å². The molecule has 0 N–H and O–H groups in total. The summed E-state index contributed by atoms with van der Waals surface area (Å²) in [6.45, 7) is 10.0. The molecule has 0 aromatic heterocycles. The molecule has 0 heterocycles. The van der Waals surface area contributed by atoms with Crippen molar-refractivity contribution >= 4 is 29.7 Å². The zero-order valence-electron chi connectivity index (χ0n) is 11.5. The smallest absolute Gasteiger partial charge is 0.244 e. The molecule has 104 valence electrons. The lowest BCUT2D eigenvalue weighted by Gasteiger charge is -2.21. The molecule has 0 amide bonds. The molecule has 2 unspecified atom stereocenters. The summed E-state index contributed by atoms with van der Waals surface area (Å²) in [7, 11) is 0. The number of hydrogen-bond acceptors (Lipinski definition) is 3. The van der Waals surface area contributed by atoms with Gasteiger partial charge in [-0.15, -0.1) is 0 Å². The average molecular weight is 298 g/mol. The topological polar surface area (TPSA) is 18.5 Å². The number of rotatable bonds is 10. The second kappa shape index (κ2) is 9.80. The van der Waals surface area contributed by atoms with Crippen molar-refractivity contribution in [1.82, 2.24) is 0 Å². The molecule has 0 aromatic carbocycles. The Bertz CT molecular complexity index is 217. The summed E-state index contributed by atoms with van der Waals surface area (Å²) in [6.07, 6.45) is 4.67. The van der Waals surface area contributed by atoms with Gasteiger partial charge in [0, 0.05) is 0 Å². The Morgan fingerprint density at radius 2 is 1.35 bits per heavy atom. The third-order valence-corrected chi connectivity index (χ3v) is 4.88. The molecular formula is C12H27O2PS2. The van der Waals surface area contributed by atoms with Crippen LogP contribution in [0.4, 0.5) is 0 Å². The van der Waals surface area contributed by atoms with Crippen LogP contribution in [0.1, 0.15) is 53.4 Å². The van der Waals surface area contributed by atoms with Crippen molar-refractivity contribution in [2.24, 2.45) is 11.8 Å². The largest absolute Gasteiger partial charge is 0.322 e. The highest BCUT2D eigenvalue weighted by Crippen LogP contribution is 2.54. The fourth-order valence-corrected chi connectivity index (χ4v) is 3.36. The molecule has 0 bridgehead atoms. The predicted octanol–water partition coefficient (Wildman–Crippen LogP) is 5.05. The molecule has 5 heteroatoms. The SMILES string of the molecule is CCCC(C)COP(=S)(S)OCC(C)CCC. The third kappa shape index (κ3) is 10.5. The van der Waals surface area contributed by atoms with Crippen LogP contribution in [0.3, 0.4) is 0 Å². The van der Waals surface area contributed by atoms with Gasteiger partial charge in [0.15, 0.2) is 0 Å². The highest BCUT2D eigenvalue weighted by atomic mass is 32.9. The van der Waals surface area contributed by atoms with E-state index in [9.17, 15) is 0 Å². The van der Waals surface area contributed by atoms with Gasteiger partial charge in [-0.25, -0.2) is 0 Å². The summed E-state index contributed by atoms with van der Waals surface area (Å²) >= 11 is 9.63. The molecule has 0 aromatic rings. The molecule has 0 aliphatic carbocycles. The molecule has 0 saturated heterocycles. The van der Waals surface area contributed by atoms with Crippen LogP contribution in [0.5, 0.6) is 0 Å². The van der Waals surface area contributed by atoms with E-state index < -0.39 is 5.69 Å². The minimum atomic E-state index is -2.32. The maximum Gasteiger partial charge on any atom is 0.244 e. The standard InChI is InChI=1S/C12H27O2PS2/c1-5-7-11(3)9-13-15(16,17)14-10-12(4)8-6-2/h11-12H,5-10H2,1-4H3,(H,16,17). The van der Waals surface area contributed by atoms with Gasteiger partial charge in [-0.3, -0.25) is 0 Å². The van der Waals surface area contributed by atoms with Crippen molar-refractivity contribution in [3.05, 3.63) is 0 Å². The van der Waals surface area contributed by atoms with E-state index in [1.54, 1.807) is 0 Å². The Labute approximate surface area is 117 Å². The van der Waals surface area contributed by atoms with Gasteiger partial charge < -0.3 is 9.05 Å². The second-order valence-corrected chi connectivity index (χ2v) is 10.1. The first-order valence-corrected chi connectivity index (χ1v) is 10.3. The van der Waals surface area contributed by atoms with Gasteiger partial charge in [-0.05, 0) is 36.5 Å². The van der Waals surface area contributed by atoms with Gasteiger partial charge in [0.1, 0.15) is 0 Å². The van der Waals surface area contributed by atoms with E-state index in [4.69, 9.17) is 20.9 Å². The first kappa shape index (κ1) is 17.9. The van der Waals surface area contributed by atoms with E-state index in [0.717, 1.165) is 12.8 Å². The summed E-state index contributed by atoms with van der Waals surface area (Å²) < 4.78 is 11.3. The van der Waals surface area contributed by atoms with E-state index in [1.165, 1.54) is 12.8 Å². The van der Waals surface area contributed by atoms with Crippen LogP contribution in [0, 0.1) is 11.8 Å². The summed E-state index contributed by atoms with van der Waals surface area (Å²) in [5.41, 5.74) is -2.32. The van der Waals surface area contributed by atoms with Crippen molar-refractivity contribution in [3.8, 4) is 0 Å². The van der Waals surface area contributed by atoms with Gasteiger partial charge in [0.25, 0.3) is 0 Å². The van der Waals surface area contributed by atoms with Crippen molar-refractivity contribution in [1.29, 1.82) is 0 Å². The van der Waals surface area contributed by atoms with Crippen molar-refractivity contribution in [2.75, 3.05) is 13.2 Å². The Balaban J connectivity index is 3.83. The molecule has 17 heavy (non-hydrogen) atoms. The summed E-state index contributed by atoms with van der Waals surface area (Å²) in [4.78, 5) is 0. The Hall–Kier alpha value is 0.920. The summed E-state index contributed by atoms with van der Waals surface area (Å²) in [5.74, 6) is 1.07.